The zero-order valence-corrected chi connectivity index (χ0v) is 10.6. The third-order valence-corrected chi connectivity index (χ3v) is 2.44. The topological polar surface area (TPSA) is 69.6 Å². The van der Waals surface area contributed by atoms with Gasteiger partial charge in [0.25, 0.3) is 0 Å². The fourth-order valence-electron chi connectivity index (χ4n) is 1.29. The number of urea groups is 1. The molecule has 2 N–H and O–H groups in total. The summed E-state index contributed by atoms with van der Waals surface area (Å²) in [5, 5.41) is 11.8. The second kappa shape index (κ2) is 6.07. The standard InChI is InChI=1S/C12H13ClN2O3/c1-3-6-15(2)12(18)14-10-5-4-8(13)7-9(10)11(16)17/h3-5,7H,1,6H2,2H3,(H,14,18)(H,16,17). The molecule has 1 aromatic rings. The Morgan fingerprint density at radius 2 is 2.22 bits per heavy atom. The maximum absolute atomic E-state index is 11.7. The number of benzene rings is 1. The van der Waals surface area contributed by atoms with E-state index in [-0.39, 0.29) is 11.3 Å². The predicted molar refractivity (Wildman–Crippen MR) is 70.3 cm³/mol. The second-order valence-corrected chi connectivity index (χ2v) is 4.03. The first kappa shape index (κ1) is 14.1. The highest BCUT2D eigenvalue weighted by atomic mass is 35.5. The van der Waals surface area contributed by atoms with Crippen molar-refractivity contribution in [3.8, 4) is 0 Å². The molecule has 0 saturated heterocycles. The number of likely N-dealkylation sites (N-methyl/N-ethyl adjacent to an activating group) is 1. The molecule has 0 fully saturated rings. The number of carboxylic acids is 1. The van der Waals surface area contributed by atoms with E-state index >= 15 is 0 Å². The van der Waals surface area contributed by atoms with Crippen LogP contribution in [0.1, 0.15) is 10.4 Å². The van der Waals surface area contributed by atoms with E-state index in [0.717, 1.165) is 0 Å². The van der Waals surface area contributed by atoms with E-state index < -0.39 is 12.0 Å². The zero-order chi connectivity index (χ0) is 13.7. The molecule has 0 saturated carbocycles. The summed E-state index contributed by atoms with van der Waals surface area (Å²) in [7, 11) is 1.58. The number of carboxylic acid groups (broad SMARTS) is 1. The van der Waals surface area contributed by atoms with Gasteiger partial charge in [-0.2, -0.15) is 0 Å². The van der Waals surface area contributed by atoms with Crippen LogP contribution >= 0.6 is 11.6 Å². The Morgan fingerprint density at radius 1 is 1.56 bits per heavy atom. The fraction of sp³-hybridized carbons (Fsp3) is 0.167. The Kier molecular flexibility index (Phi) is 4.74. The molecule has 5 nitrogen and oxygen atoms in total. The van der Waals surface area contributed by atoms with Crippen molar-refractivity contribution < 1.29 is 14.7 Å². The van der Waals surface area contributed by atoms with Crippen LogP contribution in [0.5, 0.6) is 0 Å². The van der Waals surface area contributed by atoms with Crippen LogP contribution in [0.4, 0.5) is 10.5 Å². The molecule has 0 unspecified atom stereocenters. The molecule has 0 aliphatic carbocycles. The van der Waals surface area contributed by atoms with E-state index in [0.29, 0.717) is 11.6 Å². The summed E-state index contributed by atoms with van der Waals surface area (Å²) >= 11 is 5.71. The van der Waals surface area contributed by atoms with Gasteiger partial charge in [0.2, 0.25) is 0 Å². The van der Waals surface area contributed by atoms with Gasteiger partial charge in [-0.25, -0.2) is 9.59 Å². The first-order chi connectivity index (χ1) is 8.45. The number of nitrogens with zero attached hydrogens (tertiary/aromatic N) is 1. The van der Waals surface area contributed by atoms with E-state index in [9.17, 15) is 9.59 Å². The van der Waals surface area contributed by atoms with Crippen molar-refractivity contribution in [2.45, 2.75) is 0 Å². The van der Waals surface area contributed by atoms with Crippen LogP contribution < -0.4 is 5.32 Å². The molecular weight excluding hydrogens is 256 g/mol. The third-order valence-electron chi connectivity index (χ3n) is 2.20. The molecule has 0 heterocycles. The molecule has 0 atom stereocenters. The number of halogens is 1. The number of aromatic carboxylic acids is 1. The molecule has 18 heavy (non-hydrogen) atoms. The van der Waals surface area contributed by atoms with Crippen molar-refractivity contribution in [3.05, 3.63) is 41.4 Å². The zero-order valence-electron chi connectivity index (χ0n) is 9.81. The van der Waals surface area contributed by atoms with Crippen LogP contribution in [0.15, 0.2) is 30.9 Å². The van der Waals surface area contributed by atoms with E-state index in [1.165, 1.54) is 23.1 Å². The third kappa shape index (κ3) is 3.49. The first-order valence-corrected chi connectivity index (χ1v) is 5.49. The number of anilines is 1. The second-order valence-electron chi connectivity index (χ2n) is 3.59. The molecule has 0 bridgehead atoms. The minimum absolute atomic E-state index is 0.0529. The summed E-state index contributed by atoms with van der Waals surface area (Å²) in [5.74, 6) is -1.15. The lowest BCUT2D eigenvalue weighted by molar-refractivity contribution is 0.0698. The van der Waals surface area contributed by atoms with Crippen molar-refractivity contribution in [2.24, 2.45) is 0 Å². The highest BCUT2D eigenvalue weighted by Gasteiger charge is 2.14. The number of hydrogen-bond donors (Lipinski definition) is 2. The number of nitrogens with one attached hydrogen (secondary N) is 1. The van der Waals surface area contributed by atoms with Gasteiger partial charge in [0.15, 0.2) is 0 Å². The molecule has 1 aromatic carbocycles. The average Bonchev–Trinajstić information content (AvgIpc) is 2.31. The van der Waals surface area contributed by atoms with Gasteiger partial charge in [-0.1, -0.05) is 17.7 Å². The van der Waals surface area contributed by atoms with Gasteiger partial charge in [-0.05, 0) is 18.2 Å². The lowest BCUT2D eigenvalue weighted by atomic mass is 10.2. The number of rotatable bonds is 4. The fourth-order valence-corrected chi connectivity index (χ4v) is 1.46. The Bertz CT molecular complexity index is 488. The van der Waals surface area contributed by atoms with Gasteiger partial charge in [0, 0.05) is 18.6 Å². The summed E-state index contributed by atoms with van der Waals surface area (Å²) in [6.07, 6.45) is 1.57. The lowest BCUT2D eigenvalue weighted by Gasteiger charge is -2.16. The quantitative estimate of drug-likeness (QED) is 0.825. The smallest absolute Gasteiger partial charge is 0.337 e. The monoisotopic (exact) mass is 268 g/mol. The van der Waals surface area contributed by atoms with E-state index in [1.807, 2.05) is 0 Å². The Balaban J connectivity index is 2.93. The van der Waals surface area contributed by atoms with Crippen LogP contribution in [0.2, 0.25) is 5.02 Å². The number of carbonyl (C=O) groups is 2. The molecule has 0 aromatic heterocycles. The summed E-state index contributed by atoms with van der Waals surface area (Å²) in [5.41, 5.74) is 0.149. The maximum Gasteiger partial charge on any atom is 0.337 e. The van der Waals surface area contributed by atoms with Crippen LogP contribution in [-0.2, 0) is 0 Å². The van der Waals surface area contributed by atoms with Crippen molar-refractivity contribution in [2.75, 3.05) is 18.9 Å². The van der Waals surface area contributed by atoms with Gasteiger partial charge in [-0.15, -0.1) is 6.58 Å². The highest BCUT2D eigenvalue weighted by Crippen LogP contribution is 2.21. The Morgan fingerprint density at radius 3 is 2.78 bits per heavy atom. The summed E-state index contributed by atoms with van der Waals surface area (Å²) in [6.45, 7) is 3.88. The minimum Gasteiger partial charge on any atom is -0.478 e. The molecule has 0 spiro atoms. The summed E-state index contributed by atoms with van der Waals surface area (Å²) < 4.78 is 0. The van der Waals surface area contributed by atoms with Crippen molar-refractivity contribution in [1.82, 2.24) is 4.90 Å². The van der Waals surface area contributed by atoms with E-state index in [1.54, 1.807) is 13.1 Å². The van der Waals surface area contributed by atoms with Crippen LogP contribution in [0.25, 0.3) is 0 Å². The first-order valence-electron chi connectivity index (χ1n) is 5.11. The molecule has 2 amide bonds. The van der Waals surface area contributed by atoms with Gasteiger partial charge in [0.1, 0.15) is 0 Å². The SMILES string of the molecule is C=CCN(C)C(=O)Nc1ccc(Cl)cc1C(=O)O. The largest absolute Gasteiger partial charge is 0.478 e. The lowest BCUT2D eigenvalue weighted by Crippen LogP contribution is -2.31. The van der Waals surface area contributed by atoms with Gasteiger partial charge in [0.05, 0.1) is 11.3 Å². The number of hydrogen-bond acceptors (Lipinski definition) is 2. The molecule has 0 radical (unpaired) electrons. The molecule has 0 aliphatic rings. The molecule has 6 heteroatoms. The van der Waals surface area contributed by atoms with Crippen LogP contribution in [-0.4, -0.2) is 35.6 Å². The van der Waals surface area contributed by atoms with Gasteiger partial charge >= 0.3 is 12.0 Å². The Labute approximate surface area is 110 Å². The molecular formula is C12H13ClN2O3. The minimum atomic E-state index is -1.15. The predicted octanol–water partition coefficient (Wildman–Crippen LogP) is 2.69. The number of carbonyl (C=O) groups excluding carboxylic acids is 1. The highest BCUT2D eigenvalue weighted by molar-refractivity contribution is 6.31. The molecule has 1 rings (SSSR count). The Hall–Kier alpha value is -2.01. The van der Waals surface area contributed by atoms with Crippen LogP contribution in [0.3, 0.4) is 0 Å². The molecule has 96 valence electrons. The van der Waals surface area contributed by atoms with Gasteiger partial charge < -0.3 is 15.3 Å². The normalized spacial score (nSPS) is 9.67. The van der Waals surface area contributed by atoms with E-state index in [4.69, 9.17) is 16.7 Å². The molecule has 0 aliphatic heterocycles. The average molecular weight is 269 g/mol. The van der Waals surface area contributed by atoms with Crippen molar-refractivity contribution >= 4 is 29.3 Å². The van der Waals surface area contributed by atoms with Crippen molar-refractivity contribution in [1.29, 1.82) is 0 Å². The summed E-state index contributed by atoms with van der Waals surface area (Å²) in [4.78, 5) is 24.1. The summed E-state index contributed by atoms with van der Waals surface area (Å²) in [6, 6.07) is 3.83. The number of amides is 2. The van der Waals surface area contributed by atoms with Crippen molar-refractivity contribution in [3.63, 3.8) is 0 Å². The van der Waals surface area contributed by atoms with Gasteiger partial charge in [-0.3, -0.25) is 0 Å². The van der Waals surface area contributed by atoms with Crippen LogP contribution in [0, 0.1) is 0 Å². The maximum atomic E-state index is 11.7. The van der Waals surface area contributed by atoms with E-state index in [2.05, 4.69) is 11.9 Å².